The number of benzene rings is 14. The van der Waals surface area contributed by atoms with Gasteiger partial charge in [-0.25, -0.2) is 23.7 Å². The summed E-state index contributed by atoms with van der Waals surface area (Å²) in [5.74, 6) is -0.762. The molecule has 0 spiro atoms. The third-order valence-corrected chi connectivity index (χ3v) is 27.2. The van der Waals surface area contributed by atoms with Gasteiger partial charge in [-0.05, 0) is 278 Å². The molecule has 8 N–H and O–H groups in total. The average Bonchev–Trinajstić information content (AvgIpc) is 1.64. The van der Waals surface area contributed by atoms with Gasteiger partial charge in [-0.3, -0.25) is 0 Å². The first-order valence-corrected chi connectivity index (χ1v) is 48.5. The summed E-state index contributed by atoms with van der Waals surface area (Å²) in [5.41, 5.74) is 24.1. The number of H-pyrrole nitrogens is 1. The van der Waals surface area contributed by atoms with Gasteiger partial charge in [-0.1, -0.05) is 312 Å². The first-order chi connectivity index (χ1) is 66.3. The molecule has 0 saturated heterocycles. The third-order valence-electron chi connectivity index (χ3n) is 18.9. The van der Waals surface area contributed by atoms with Crippen molar-refractivity contribution in [3.8, 4) is 72.9 Å². The van der Waals surface area contributed by atoms with Crippen LogP contribution in [0.5, 0.6) is 17.2 Å². The van der Waals surface area contributed by atoms with Crippen LogP contribution in [0.4, 0.5) is 11.4 Å². The molecule has 0 bridgehead atoms. The van der Waals surface area contributed by atoms with Gasteiger partial charge >= 0.3 is 25.6 Å². The number of carbonyl (C=O) groups is 3. The van der Waals surface area contributed by atoms with E-state index in [4.69, 9.17) is 187 Å². The van der Waals surface area contributed by atoms with E-state index in [9.17, 15) is 19.5 Å². The van der Waals surface area contributed by atoms with E-state index >= 15 is 0 Å². The lowest BCUT2D eigenvalue weighted by Gasteiger charge is -2.11. The van der Waals surface area contributed by atoms with Gasteiger partial charge in [0.2, 0.25) is 17.1 Å². The van der Waals surface area contributed by atoms with E-state index in [0.717, 1.165) is 109 Å². The van der Waals surface area contributed by atoms with Crippen LogP contribution in [0.2, 0.25) is 65.3 Å². The summed E-state index contributed by atoms with van der Waals surface area (Å²) in [6, 6.07) is 92.8. The molecule has 0 fully saturated rings. The van der Waals surface area contributed by atoms with Crippen molar-refractivity contribution >= 4 is 239 Å². The van der Waals surface area contributed by atoms with Crippen LogP contribution in [0.15, 0.2) is 338 Å². The number of ether oxygens (including phenoxy) is 3. The second kappa shape index (κ2) is 53.6. The number of nitrogens with one attached hydrogen (secondary N) is 1. The SMILES string of the molecule is CCOC(=O)c1nnn(Cc2ccc(OC)cc2)c1Sc1ccc(-c2ccc(Cl)cc2)cc1Cl.COc1ccc(Cn2nnc(C(=O)O)c2Sc2ccc(-c3ccc(Cl)cc3)cc2Cl)cc1.Clc1ccc(-c2ccc(Br)c(Cl)c2)cc1.Nc1ccc(-c2ccc(Cl)cc2)cc1Cl.Nc1ccc(Cl)cc1Cl.O=C(O)c1n[nH]nc1Sc1ccc(-c2ccc(Cl)cc2)cc1Cl.O[B]Oc1ccc(Cl)cc1. The van der Waals surface area contributed by atoms with E-state index in [1.807, 2.05) is 255 Å². The highest BCUT2D eigenvalue weighted by molar-refractivity contribution is 9.10. The molecular weight excluding hydrogens is 2150 g/mol. The summed E-state index contributed by atoms with van der Waals surface area (Å²) in [6.45, 7) is 2.76. The minimum atomic E-state index is -1.15. The maximum absolute atomic E-state index is 12.5. The highest BCUT2D eigenvalue weighted by atomic mass is 79.9. The Kier molecular flexibility index (Phi) is 41.8. The number of rotatable bonds is 23. The van der Waals surface area contributed by atoms with Crippen LogP contribution in [0.25, 0.3) is 55.6 Å². The highest BCUT2D eigenvalue weighted by Gasteiger charge is 2.26. The number of esters is 1. The van der Waals surface area contributed by atoms with E-state index < -0.39 is 17.9 Å². The number of methoxy groups -OCH3 is 2. The number of anilines is 2. The van der Waals surface area contributed by atoms with Crippen molar-refractivity contribution in [2.24, 2.45) is 0 Å². The molecule has 0 aliphatic carbocycles. The number of aromatic nitrogens is 9. The van der Waals surface area contributed by atoms with Gasteiger partial charge in [0.1, 0.15) is 27.3 Å². The molecule has 0 saturated carbocycles. The first kappa shape index (κ1) is 108. The van der Waals surface area contributed by atoms with Crippen molar-refractivity contribution in [3.63, 3.8) is 0 Å². The molecule has 1 radical (unpaired) electrons. The number of halogens is 14. The lowest BCUT2D eigenvalue weighted by atomic mass is 10.1. The van der Waals surface area contributed by atoms with E-state index in [0.29, 0.717) is 113 Å². The highest BCUT2D eigenvalue weighted by Crippen LogP contribution is 2.42. The van der Waals surface area contributed by atoms with E-state index in [2.05, 4.69) is 56.6 Å². The number of aromatic carboxylic acids is 2. The number of aromatic amines is 1. The van der Waals surface area contributed by atoms with Gasteiger partial charge in [0.25, 0.3) is 0 Å². The number of nitrogens with two attached hydrogens (primary N) is 2. The van der Waals surface area contributed by atoms with E-state index in [1.54, 1.807) is 79.0 Å². The third kappa shape index (κ3) is 32.1. The number of hydrogen-bond donors (Lipinski definition) is 6. The van der Waals surface area contributed by atoms with E-state index in [-0.39, 0.29) is 28.7 Å². The molecule has 0 unspecified atom stereocenters. The second-order valence-corrected chi connectivity index (χ2v) is 37.7. The topological polar surface area (TPSA) is 304 Å². The smallest absolute Gasteiger partial charge is 0.537 e. The lowest BCUT2D eigenvalue weighted by molar-refractivity contribution is 0.0513. The zero-order chi connectivity index (χ0) is 99.1. The van der Waals surface area contributed by atoms with Gasteiger partial charge in [-0.2, -0.15) is 5.21 Å². The molecule has 0 amide bonds. The Hall–Kier alpha value is -10.8. The van der Waals surface area contributed by atoms with E-state index in [1.165, 1.54) is 23.5 Å². The summed E-state index contributed by atoms with van der Waals surface area (Å²) in [5, 5.41) is 62.0. The van der Waals surface area contributed by atoms with Gasteiger partial charge in [0, 0.05) is 54.3 Å². The van der Waals surface area contributed by atoms with Crippen LogP contribution in [-0.4, -0.2) is 107 Å². The Bertz CT molecular complexity index is 6890. The molecule has 3 aromatic heterocycles. The standard InChI is InChI=1S/C25H21Cl2N3O3S.C23H17Cl2N3O3S.C15H9Cl2N3O2S.C12H7BrCl2.C12H9Cl2N.C6H5BClO2.C6H5Cl2N/c1-3-33-25(31)23-24(30(29-28-23)15-16-4-11-20(32-2)12-5-16)34-22-13-8-18(14-21(22)27)17-6-9-19(26)10-7-17;1-31-18-9-2-14(3-10-18)13-28-22(21(23(29)30)26-27-28)32-20-11-6-16(12-19(20)25)15-4-7-17(24)8-5-15;16-10-4-1-8(2-5-10)9-3-6-12(11(17)7-9)23-14-13(15(21)22)18-20-19-14;13-11-6-3-9(7-12(11)15)8-1-4-10(14)5-2-8;13-10-4-1-8(2-5-10)9-3-6-12(15)11(14)7-9;8-5-1-3-6(4-2-5)10-7-9;7-4-1-2-6(9)5(8)3-4/h4-14H,3,15H2,1-2H3;2-12H,13H2,1H3,(H,29,30);1-7H,(H,21,22)(H,18,19,20);1-7H;1-7H,15H2;1-4,9H;1-3H,9H2. The maximum Gasteiger partial charge on any atom is 0.569 e. The predicted molar refractivity (Wildman–Crippen MR) is 565 cm³/mol. The Labute approximate surface area is 880 Å². The number of nitrogens with zero attached hydrogens (tertiary/aromatic N) is 8. The van der Waals surface area contributed by atoms with Crippen molar-refractivity contribution in [1.82, 2.24) is 45.4 Å². The Morgan fingerprint density at radius 1 is 0.370 bits per heavy atom. The van der Waals surface area contributed by atoms with Crippen LogP contribution < -0.4 is 25.6 Å². The second-order valence-electron chi connectivity index (χ2n) is 28.3. The molecule has 14 aromatic carbocycles. The molecule has 0 aliphatic heterocycles. The quantitative estimate of drug-likeness (QED) is 0.0197. The first-order valence-electron chi connectivity index (χ1n) is 40.3. The number of hydrogen-bond acceptors (Lipinski definition) is 19. The number of carboxylic acids is 2. The largest absolute Gasteiger partial charge is 0.569 e. The minimum absolute atomic E-state index is 0.124. The summed E-state index contributed by atoms with van der Waals surface area (Å²) in [4.78, 5) is 37.5. The van der Waals surface area contributed by atoms with Gasteiger partial charge in [-0.15, -0.1) is 20.4 Å². The molecule has 0 atom stereocenters. The van der Waals surface area contributed by atoms with Crippen LogP contribution in [0, 0.1) is 0 Å². The zero-order valence-corrected chi connectivity index (χ0v) is 85.9. The van der Waals surface area contributed by atoms with Crippen LogP contribution in [0.3, 0.4) is 0 Å². The summed E-state index contributed by atoms with van der Waals surface area (Å²) in [6.07, 6.45) is 0. The number of nitrogen functional groups attached to an aromatic ring is 2. The van der Waals surface area contributed by atoms with Crippen LogP contribution in [-0.2, 0) is 17.8 Å². The molecular formula is C99H73BBrCl13N11O10S3. The molecule has 17 aromatic rings. The molecule has 17 rings (SSSR count). The van der Waals surface area contributed by atoms with Crippen molar-refractivity contribution < 1.29 is 48.5 Å². The summed E-state index contributed by atoms with van der Waals surface area (Å²) < 4.78 is 24.4. The van der Waals surface area contributed by atoms with Crippen molar-refractivity contribution in [2.75, 3.05) is 32.3 Å². The Morgan fingerprint density at radius 2 is 0.681 bits per heavy atom. The number of carbonyl (C=O) groups excluding carboxylic acids is 1. The van der Waals surface area contributed by atoms with Crippen molar-refractivity contribution in [3.05, 3.63) is 401 Å². The molecule has 21 nitrogen and oxygen atoms in total. The van der Waals surface area contributed by atoms with Crippen molar-refractivity contribution in [2.45, 2.75) is 49.8 Å². The van der Waals surface area contributed by atoms with Gasteiger partial charge < -0.3 is 45.6 Å². The average molecular weight is 2220 g/mol. The summed E-state index contributed by atoms with van der Waals surface area (Å²) in [7, 11) is 3.85. The van der Waals surface area contributed by atoms with Crippen molar-refractivity contribution in [1.29, 1.82) is 0 Å². The monoisotopic (exact) mass is 2220 g/mol. The normalized spacial score (nSPS) is 10.5. The zero-order valence-electron chi connectivity index (χ0n) is 72.0. The molecule has 138 heavy (non-hydrogen) atoms. The fourth-order valence-electron chi connectivity index (χ4n) is 12.0. The molecule has 703 valence electrons. The molecule has 3 heterocycles. The summed E-state index contributed by atoms with van der Waals surface area (Å²) >= 11 is 84.7. The molecule has 39 heteroatoms. The Morgan fingerprint density at radius 3 is 1.02 bits per heavy atom. The van der Waals surface area contributed by atoms with Gasteiger partial charge in [0.05, 0.1) is 75.4 Å². The minimum Gasteiger partial charge on any atom is -0.537 e. The van der Waals surface area contributed by atoms with Gasteiger partial charge in [0.15, 0.2) is 5.03 Å². The molecule has 0 aliphatic rings. The van der Waals surface area contributed by atoms with Crippen LogP contribution >= 0.6 is 202 Å². The number of carboxylic acid groups (broad SMARTS) is 2. The lowest BCUT2D eigenvalue weighted by Crippen LogP contribution is -2.08. The maximum atomic E-state index is 12.5. The Balaban J connectivity index is 0.000000162. The fourth-order valence-corrected chi connectivity index (χ4v) is 17.3. The predicted octanol–water partition coefficient (Wildman–Crippen LogP) is 30.9. The fraction of sp³-hybridized carbons (Fsp3) is 0.0606. The van der Waals surface area contributed by atoms with Crippen LogP contribution in [0.1, 0.15) is 49.5 Å².